The number of para-hydroxylation sites is 1. The molecule has 0 saturated carbocycles. The molecule has 0 spiro atoms. The zero-order chi connectivity index (χ0) is 16.9. The summed E-state index contributed by atoms with van der Waals surface area (Å²) in [6.07, 6.45) is 1.38. The lowest BCUT2D eigenvalue weighted by Gasteiger charge is -2.28. The molecule has 120 valence electrons. The molecule has 3 nitrogen and oxygen atoms in total. The van der Waals surface area contributed by atoms with Crippen molar-refractivity contribution in [1.82, 2.24) is 0 Å². The number of rotatable bonds is 4. The van der Waals surface area contributed by atoms with Crippen LogP contribution in [0.5, 0.6) is 0 Å². The lowest BCUT2D eigenvalue weighted by atomic mass is 10.1. The molecule has 0 unspecified atom stereocenters. The zero-order valence-corrected chi connectivity index (χ0v) is 14.0. The van der Waals surface area contributed by atoms with Crippen molar-refractivity contribution >= 4 is 17.9 Å². The number of benzene rings is 2. The minimum Gasteiger partial charge on any atom is -0.443 e. The van der Waals surface area contributed by atoms with Crippen molar-refractivity contribution in [1.29, 1.82) is 0 Å². The van der Waals surface area contributed by atoms with E-state index in [-0.39, 0.29) is 6.09 Å². The van der Waals surface area contributed by atoms with Crippen LogP contribution < -0.4 is 4.90 Å². The maximum atomic E-state index is 12.7. The summed E-state index contributed by atoms with van der Waals surface area (Å²) in [5, 5.41) is 0. The number of ether oxygens (including phenoxy) is 1. The summed E-state index contributed by atoms with van der Waals surface area (Å²) in [4.78, 5) is 14.4. The molecule has 0 radical (unpaired) electrons. The highest BCUT2D eigenvalue weighted by Crippen LogP contribution is 2.25. The zero-order valence-electron chi connectivity index (χ0n) is 14.0. The molecule has 0 saturated heterocycles. The van der Waals surface area contributed by atoms with Crippen molar-refractivity contribution in [2.45, 2.75) is 32.9 Å². The van der Waals surface area contributed by atoms with E-state index >= 15 is 0 Å². The maximum Gasteiger partial charge on any atom is 0.415 e. The molecular formula is C20H23NO2. The predicted molar refractivity (Wildman–Crippen MR) is 95.4 cm³/mol. The van der Waals surface area contributed by atoms with Crippen molar-refractivity contribution in [2.75, 3.05) is 4.90 Å². The van der Waals surface area contributed by atoms with Gasteiger partial charge in [0.05, 0.1) is 12.2 Å². The Kier molecular flexibility index (Phi) is 5.22. The predicted octanol–water partition coefficient (Wildman–Crippen LogP) is 5.27. The van der Waals surface area contributed by atoms with Crippen molar-refractivity contribution in [3.05, 3.63) is 72.3 Å². The maximum absolute atomic E-state index is 12.7. The summed E-state index contributed by atoms with van der Waals surface area (Å²) in [5.74, 6) is 0. The molecule has 0 aliphatic rings. The van der Waals surface area contributed by atoms with Crippen LogP contribution in [0.3, 0.4) is 0 Å². The number of carbonyl (C=O) groups excluding carboxylic acids is 1. The lowest BCUT2D eigenvalue weighted by molar-refractivity contribution is 0.0577. The van der Waals surface area contributed by atoms with Crippen LogP contribution in [-0.4, -0.2) is 11.7 Å². The molecule has 2 aromatic rings. The van der Waals surface area contributed by atoms with E-state index in [0.717, 1.165) is 16.8 Å². The molecule has 1 amide bonds. The molecule has 2 aromatic carbocycles. The Morgan fingerprint density at radius 1 is 1.09 bits per heavy atom. The third-order valence-electron chi connectivity index (χ3n) is 3.24. The molecule has 3 heteroatoms. The van der Waals surface area contributed by atoms with Gasteiger partial charge in [-0.15, -0.1) is 0 Å². The van der Waals surface area contributed by atoms with E-state index in [4.69, 9.17) is 4.74 Å². The topological polar surface area (TPSA) is 29.5 Å². The van der Waals surface area contributed by atoms with Crippen LogP contribution in [0.4, 0.5) is 10.5 Å². The standard InChI is InChI=1S/C20H23NO2/c1-5-17-13-9-10-14-18(17)21(19(22)23-20(2,3)4)15-16-11-7-6-8-12-16/h5-14H,1,15H2,2-4H3. The number of anilines is 1. The molecule has 0 aliphatic heterocycles. The van der Waals surface area contributed by atoms with Crippen molar-refractivity contribution in [2.24, 2.45) is 0 Å². The third-order valence-corrected chi connectivity index (χ3v) is 3.24. The fraction of sp³-hybridized carbons (Fsp3) is 0.250. The van der Waals surface area contributed by atoms with E-state index in [1.165, 1.54) is 0 Å². The quantitative estimate of drug-likeness (QED) is 0.770. The van der Waals surface area contributed by atoms with Crippen LogP contribution in [0.2, 0.25) is 0 Å². The van der Waals surface area contributed by atoms with Gasteiger partial charge in [0.25, 0.3) is 0 Å². The van der Waals surface area contributed by atoms with E-state index < -0.39 is 5.60 Å². The van der Waals surface area contributed by atoms with Crippen LogP contribution in [-0.2, 0) is 11.3 Å². The first-order valence-electron chi connectivity index (χ1n) is 7.66. The fourth-order valence-electron chi connectivity index (χ4n) is 2.24. The van der Waals surface area contributed by atoms with E-state index in [9.17, 15) is 4.79 Å². The fourth-order valence-corrected chi connectivity index (χ4v) is 2.24. The van der Waals surface area contributed by atoms with Gasteiger partial charge in [-0.05, 0) is 38.0 Å². The summed E-state index contributed by atoms with van der Waals surface area (Å²) < 4.78 is 5.58. The molecule has 0 aliphatic carbocycles. The third kappa shape index (κ3) is 4.71. The minimum absolute atomic E-state index is 0.365. The summed E-state index contributed by atoms with van der Waals surface area (Å²) >= 11 is 0. The number of hydrogen-bond donors (Lipinski definition) is 0. The van der Waals surface area contributed by atoms with Crippen LogP contribution >= 0.6 is 0 Å². The SMILES string of the molecule is C=Cc1ccccc1N(Cc1ccccc1)C(=O)OC(C)(C)C. The van der Waals surface area contributed by atoms with E-state index in [1.54, 1.807) is 11.0 Å². The summed E-state index contributed by atoms with van der Waals surface area (Å²) in [7, 11) is 0. The first kappa shape index (κ1) is 16.8. The van der Waals surface area contributed by atoms with Gasteiger partial charge in [-0.1, -0.05) is 61.2 Å². The summed E-state index contributed by atoms with van der Waals surface area (Å²) in [6, 6.07) is 17.5. The average molecular weight is 309 g/mol. The Hall–Kier alpha value is -2.55. The van der Waals surface area contributed by atoms with Gasteiger partial charge in [-0.2, -0.15) is 0 Å². The van der Waals surface area contributed by atoms with Gasteiger partial charge in [0.1, 0.15) is 5.60 Å². The Morgan fingerprint density at radius 2 is 1.70 bits per heavy atom. The van der Waals surface area contributed by atoms with Gasteiger partial charge in [0.15, 0.2) is 0 Å². The Morgan fingerprint density at radius 3 is 2.30 bits per heavy atom. The molecule has 0 N–H and O–H groups in total. The molecule has 0 heterocycles. The van der Waals surface area contributed by atoms with Crippen LogP contribution in [0, 0.1) is 0 Å². The number of carbonyl (C=O) groups is 1. The Balaban J connectivity index is 2.38. The van der Waals surface area contributed by atoms with Crippen LogP contribution in [0.25, 0.3) is 6.08 Å². The molecule has 2 rings (SSSR count). The van der Waals surface area contributed by atoms with Crippen molar-refractivity contribution in [3.63, 3.8) is 0 Å². The van der Waals surface area contributed by atoms with E-state index in [1.807, 2.05) is 75.4 Å². The monoisotopic (exact) mass is 309 g/mol. The highest BCUT2D eigenvalue weighted by Gasteiger charge is 2.24. The number of hydrogen-bond acceptors (Lipinski definition) is 2. The Bertz CT molecular complexity index is 672. The van der Waals surface area contributed by atoms with Gasteiger partial charge in [0.2, 0.25) is 0 Å². The lowest BCUT2D eigenvalue weighted by Crippen LogP contribution is -2.36. The van der Waals surface area contributed by atoms with Gasteiger partial charge in [-0.3, -0.25) is 4.90 Å². The van der Waals surface area contributed by atoms with E-state index in [0.29, 0.717) is 6.54 Å². The first-order chi connectivity index (χ1) is 10.9. The Labute approximate surface area is 138 Å². The smallest absolute Gasteiger partial charge is 0.415 e. The summed E-state index contributed by atoms with van der Waals surface area (Å²) in [6.45, 7) is 9.88. The molecular weight excluding hydrogens is 286 g/mol. The molecule has 0 bridgehead atoms. The highest BCUT2D eigenvalue weighted by atomic mass is 16.6. The largest absolute Gasteiger partial charge is 0.443 e. The molecule has 0 aromatic heterocycles. The molecule has 0 fully saturated rings. The second-order valence-electron chi connectivity index (χ2n) is 6.32. The molecule has 0 atom stereocenters. The average Bonchev–Trinajstić information content (AvgIpc) is 2.52. The van der Waals surface area contributed by atoms with Crippen molar-refractivity contribution < 1.29 is 9.53 Å². The normalized spacial score (nSPS) is 10.9. The van der Waals surface area contributed by atoms with Gasteiger partial charge < -0.3 is 4.74 Å². The second kappa shape index (κ2) is 7.14. The summed E-state index contributed by atoms with van der Waals surface area (Å²) in [5.41, 5.74) is 2.18. The number of nitrogens with zero attached hydrogens (tertiary/aromatic N) is 1. The number of amides is 1. The highest BCUT2D eigenvalue weighted by molar-refractivity contribution is 5.90. The van der Waals surface area contributed by atoms with Crippen LogP contribution in [0.1, 0.15) is 31.9 Å². The minimum atomic E-state index is -0.546. The van der Waals surface area contributed by atoms with Crippen molar-refractivity contribution in [3.8, 4) is 0 Å². The van der Waals surface area contributed by atoms with Crippen LogP contribution in [0.15, 0.2) is 61.2 Å². The van der Waals surface area contributed by atoms with Gasteiger partial charge in [-0.25, -0.2) is 4.79 Å². The first-order valence-corrected chi connectivity index (χ1v) is 7.66. The molecule has 23 heavy (non-hydrogen) atoms. The van der Waals surface area contributed by atoms with Gasteiger partial charge >= 0.3 is 6.09 Å². The van der Waals surface area contributed by atoms with Gasteiger partial charge in [0, 0.05) is 0 Å². The van der Waals surface area contributed by atoms with E-state index in [2.05, 4.69) is 6.58 Å². The second-order valence-corrected chi connectivity index (χ2v) is 6.32.